The van der Waals surface area contributed by atoms with Gasteiger partial charge in [-0.05, 0) is 44.3 Å². The Hall–Kier alpha value is -2.76. The molecule has 8 heteroatoms. The quantitative estimate of drug-likeness (QED) is 0.618. The minimum atomic E-state index is 0.680. The van der Waals surface area contributed by atoms with Crippen LogP contribution in [-0.2, 0) is 6.42 Å². The Bertz CT molecular complexity index is 999. The Balaban J connectivity index is 1.27. The van der Waals surface area contributed by atoms with Gasteiger partial charge in [-0.25, -0.2) is 0 Å². The fourth-order valence-electron chi connectivity index (χ4n) is 3.72. The molecule has 0 N–H and O–H groups in total. The molecule has 0 spiro atoms. The molecule has 7 nitrogen and oxygen atoms in total. The second-order valence-corrected chi connectivity index (χ2v) is 8.22. The van der Waals surface area contributed by atoms with E-state index in [-0.39, 0.29) is 0 Å². The first-order chi connectivity index (χ1) is 14.1. The number of aromatic nitrogens is 3. The van der Waals surface area contributed by atoms with Crippen LogP contribution in [0.4, 0.5) is 5.69 Å². The average Bonchev–Trinajstić information content (AvgIpc) is 3.40. The summed E-state index contributed by atoms with van der Waals surface area (Å²) in [5.74, 6) is 1.38. The summed E-state index contributed by atoms with van der Waals surface area (Å²) in [6, 6.07) is 8.35. The normalized spacial score (nSPS) is 14.9. The van der Waals surface area contributed by atoms with E-state index in [1.807, 2.05) is 37.4 Å². The molecule has 0 aromatic carbocycles. The van der Waals surface area contributed by atoms with Crippen LogP contribution in [0.2, 0.25) is 0 Å². The van der Waals surface area contributed by atoms with Gasteiger partial charge in [0.15, 0.2) is 0 Å². The number of piperazine rings is 1. The molecule has 0 saturated carbocycles. The Kier molecular flexibility index (Phi) is 5.88. The standard InChI is InChI=1S/C21H24N6OS/c1-15-13-18(17(14-22)16(2)23-15)27-10-8-26(9-11-27)7-3-6-20-24-21(25-28-20)19-5-4-12-29-19/h4-5,12-13H,3,6-11H2,1-2H3. The molecule has 1 aliphatic rings. The highest BCUT2D eigenvalue weighted by atomic mass is 32.1. The number of aryl methyl sites for hydroxylation is 3. The maximum atomic E-state index is 9.51. The van der Waals surface area contributed by atoms with Crippen LogP contribution in [0.1, 0.15) is 29.3 Å². The third kappa shape index (κ3) is 4.47. The van der Waals surface area contributed by atoms with Gasteiger partial charge in [-0.3, -0.25) is 9.88 Å². The number of hydrogen-bond acceptors (Lipinski definition) is 8. The van der Waals surface area contributed by atoms with Crippen LogP contribution >= 0.6 is 11.3 Å². The Labute approximate surface area is 174 Å². The van der Waals surface area contributed by atoms with Crippen molar-refractivity contribution < 1.29 is 4.52 Å². The topological polar surface area (TPSA) is 82.1 Å². The smallest absolute Gasteiger partial charge is 0.227 e. The molecule has 1 aliphatic heterocycles. The summed E-state index contributed by atoms with van der Waals surface area (Å²) in [5.41, 5.74) is 3.48. The van der Waals surface area contributed by atoms with Gasteiger partial charge in [0.2, 0.25) is 11.7 Å². The lowest BCUT2D eigenvalue weighted by molar-refractivity contribution is 0.250. The first kappa shape index (κ1) is 19.6. The SMILES string of the molecule is Cc1cc(N2CCN(CCCc3nc(-c4cccs4)no3)CC2)c(C#N)c(C)n1. The van der Waals surface area contributed by atoms with E-state index < -0.39 is 0 Å². The predicted octanol–water partition coefficient (Wildman–Crippen LogP) is 3.44. The van der Waals surface area contributed by atoms with Crippen molar-refractivity contribution in [3.8, 4) is 16.8 Å². The van der Waals surface area contributed by atoms with Crippen molar-refractivity contribution in [2.45, 2.75) is 26.7 Å². The summed E-state index contributed by atoms with van der Waals surface area (Å²) in [4.78, 5) is 14.7. The lowest BCUT2D eigenvalue weighted by Crippen LogP contribution is -2.47. The number of anilines is 1. The Morgan fingerprint density at radius 2 is 2.03 bits per heavy atom. The summed E-state index contributed by atoms with van der Waals surface area (Å²) < 4.78 is 5.38. The molecular formula is C21H24N6OS. The van der Waals surface area contributed by atoms with E-state index in [2.05, 4.69) is 31.0 Å². The molecule has 0 atom stereocenters. The molecule has 1 fully saturated rings. The minimum absolute atomic E-state index is 0.680. The van der Waals surface area contributed by atoms with Gasteiger partial charge in [0.1, 0.15) is 6.07 Å². The molecule has 150 valence electrons. The number of nitriles is 1. The van der Waals surface area contributed by atoms with Crippen LogP contribution in [0.25, 0.3) is 10.7 Å². The summed E-state index contributed by atoms with van der Waals surface area (Å²) in [6.07, 6.45) is 1.78. The van der Waals surface area contributed by atoms with Gasteiger partial charge in [-0.1, -0.05) is 11.2 Å². The van der Waals surface area contributed by atoms with E-state index in [1.165, 1.54) is 0 Å². The molecule has 0 amide bonds. The summed E-state index contributed by atoms with van der Waals surface area (Å²) in [7, 11) is 0. The number of pyridine rings is 1. The third-order valence-corrected chi connectivity index (χ3v) is 6.07. The minimum Gasteiger partial charge on any atom is -0.368 e. The van der Waals surface area contributed by atoms with E-state index in [1.54, 1.807) is 11.3 Å². The van der Waals surface area contributed by atoms with E-state index in [4.69, 9.17) is 4.52 Å². The van der Waals surface area contributed by atoms with Gasteiger partial charge >= 0.3 is 0 Å². The van der Waals surface area contributed by atoms with Gasteiger partial charge in [-0.15, -0.1) is 11.3 Å². The lowest BCUT2D eigenvalue weighted by atomic mass is 10.1. The van der Waals surface area contributed by atoms with Crippen LogP contribution in [0.15, 0.2) is 28.1 Å². The van der Waals surface area contributed by atoms with Crippen molar-refractivity contribution in [1.82, 2.24) is 20.0 Å². The van der Waals surface area contributed by atoms with Crippen molar-refractivity contribution in [3.05, 3.63) is 46.4 Å². The Morgan fingerprint density at radius 1 is 1.21 bits per heavy atom. The van der Waals surface area contributed by atoms with Crippen LogP contribution in [0.3, 0.4) is 0 Å². The number of rotatable bonds is 6. The van der Waals surface area contributed by atoms with E-state index in [0.717, 1.165) is 67.5 Å². The van der Waals surface area contributed by atoms with E-state index >= 15 is 0 Å². The molecule has 29 heavy (non-hydrogen) atoms. The van der Waals surface area contributed by atoms with Crippen LogP contribution < -0.4 is 4.90 Å². The molecule has 3 aromatic rings. The average molecular weight is 409 g/mol. The predicted molar refractivity (Wildman–Crippen MR) is 113 cm³/mol. The highest BCUT2D eigenvalue weighted by Crippen LogP contribution is 2.25. The second kappa shape index (κ2) is 8.72. The zero-order valence-corrected chi connectivity index (χ0v) is 17.6. The maximum absolute atomic E-state index is 9.51. The van der Waals surface area contributed by atoms with Crippen molar-refractivity contribution in [3.63, 3.8) is 0 Å². The number of thiophene rings is 1. The molecule has 0 unspecified atom stereocenters. The van der Waals surface area contributed by atoms with Gasteiger partial charge < -0.3 is 9.42 Å². The number of nitrogens with zero attached hydrogens (tertiary/aromatic N) is 6. The fraction of sp³-hybridized carbons (Fsp3) is 0.429. The molecule has 4 rings (SSSR count). The Morgan fingerprint density at radius 3 is 2.76 bits per heavy atom. The highest BCUT2D eigenvalue weighted by molar-refractivity contribution is 7.13. The van der Waals surface area contributed by atoms with Crippen molar-refractivity contribution in [2.75, 3.05) is 37.6 Å². The first-order valence-corrected chi connectivity index (χ1v) is 10.7. The summed E-state index contributed by atoms with van der Waals surface area (Å²) in [6.45, 7) is 8.69. The van der Waals surface area contributed by atoms with E-state index in [9.17, 15) is 5.26 Å². The maximum Gasteiger partial charge on any atom is 0.227 e. The zero-order chi connectivity index (χ0) is 20.2. The first-order valence-electron chi connectivity index (χ1n) is 9.86. The fourth-order valence-corrected chi connectivity index (χ4v) is 4.37. The van der Waals surface area contributed by atoms with Crippen LogP contribution in [0.5, 0.6) is 0 Å². The monoisotopic (exact) mass is 408 g/mol. The zero-order valence-electron chi connectivity index (χ0n) is 16.8. The van der Waals surface area contributed by atoms with Crippen LogP contribution in [0, 0.1) is 25.2 Å². The number of hydrogen-bond donors (Lipinski definition) is 0. The summed E-state index contributed by atoms with van der Waals surface area (Å²) >= 11 is 1.62. The lowest BCUT2D eigenvalue weighted by Gasteiger charge is -2.36. The van der Waals surface area contributed by atoms with Gasteiger partial charge in [0.25, 0.3) is 0 Å². The summed E-state index contributed by atoms with van der Waals surface area (Å²) in [5, 5.41) is 15.6. The molecule has 3 aromatic heterocycles. The third-order valence-electron chi connectivity index (χ3n) is 5.21. The molecule has 1 saturated heterocycles. The van der Waals surface area contributed by atoms with Crippen molar-refractivity contribution >= 4 is 17.0 Å². The van der Waals surface area contributed by atoms with Gasteiger partial charge in [0, 0.05) is 38.3 Å². The van der Waals surface area contributed by atoms with E-state index in [0.29, 0.717) is 17.3 Å². The van der Waals surface area contributed by atoms with Crippen molar-refractivity contribution in [1.29, 1.82) is 5.26 Å². The van der Waals surface area contributed by atoms with Crippen molar-refractivity contribution in [2.24, 2.45) is 0 Å². The molecule has 0 bridgehead atoms. The van der Waals surface area contributed by atoms with Crippen LogP contribution in [-0.4, -0.2) is 52.7 Å². The second-order valence-electron chi connectivity index (χ2n) is 7.28. The van der Waals surface area contributed by atoms with Gasteiger partial charge in [0.05, 0.1) is 21.8 Å². The molecule has 0 radical (unpaired) electrons. The molecular weight excluding hydrogens is 384 g/mol. The van der Waals surface area contributed by atoms with Gasteiger partial charge in [-0.2, -0.15) is 10.2 Å². The highest BCUT2D eigenvalue weighted by Gasteiger charge is 2.21. The molecule has 0 aliphatic carbocycles. The largest absolute Gasteiger partial charge is 0.368 e. The molecule has 4 heterocycles.